The van der Waals surface area contributed by atoms with Crippen LogP contribution in [0.3, 0.4) is 0 Å². The molecular formula is C12H21NO3. The lowest BCUT2D eigenvalue weighted by molar-refractivity contribution is -0.149. The second-order valence-electron chi connectivity index (χ2n) is 4.31. The summed E-state index contributed by atoms with van der Waals surface area (Å²) in [5.41, 5.74) is 0. The minimum Gasteiger partial charge on any atom is -0.469 e. The molecule has 92 valence electrons. The van der Waals surface area contributed by atoms with Gasteiger partial charge in [0.15, 0.2) is 0 Å². The van der Waals surface area contributed by atoms with E-state index in [2.05, 4.69) is 6.92 Å². The summed E-state index contributed by atoms with van der Waals surface area (Å²) in [4.78, 5) is 25.0. The predicted molar refractivity (Wildman–Crippen MR) is 60.8 cm³/mol. The lowest BCUT2D eigenvalue weighted by Gasteiger charge is -2.31. The van der Waals surface area contributed by atoms with Crippen molar-refractivity contribution in [3.8, 4) is 0 Å². The van der Waals surface area contributed by atoms with Crippen LogP contribution >= 0.6 is 0 Å². The Bertz CT molecular complexity index is 253. The van der Waals surface area contributed by atoms with Crippen LogP contribution in [0.1, 0.15) is 39.0 Å². The average Bonchev–Trinajstić information content (AvgIpc) is 2.35. The van der Waals surface area contributed by atoms with Crippen molar-refractivity contribution in [1.29, 1.82) is 0 Å². The van der Waals surface area contributed by atoms with E-state index in [-0.39, 0.29) is 17.8 Å². The fourth-order valence-corrected chi connectivity index (χ4v) is 2.05. The Kier molecular flexibility index (Phi) is 5.29. The number of rotatable bonds is 4. The third kappa shape index (κ3) is 3.51. The molecule has 1 atom stereocenters. The second-order valence-corrected chi connectivity index (χ2v) is 4.31. The fourth-order valence-electron chi connectivity index (χ4n) is 2.05. The van der Waals surface area contributed by atoms with Crippen molar-refractivity contribution < 1.29 is 14.3 Å². The van der Waals surface area contributed by atoms with E-state index in [1.165, 1.54) is 7.11 Å². The minimum atomic E-state index is -0.187. The number of carbonyl (C=O) groups excluding carboxylic acids is 2. The standard InChI is InChI=1S/C12H21NO3/c1-3-4-7-11(14)13-8-5-6-10(9-13)12(15)16-2/h10H,3-9H2,1-2H3. The lowest BCUT2D eigenvalue weighted by Crippen LogP contribution is -2.42. The van der Waals surface area contributed by atoms with Crippen molar-refractivity contribution in [2.24, 2.45) is 5.92 Å². The number of methoxy groups -OCH3 is 1. The number of likely N-dealkylation sites (tertiary alicyclic amines) is 1. The molecule has 1 unspecified atom stereocenters. The van der Waals surface area contributed by atoms with Gasteiger partial charge in [-0.1, -0.05) is 13.3 Å². The predicted octanol–water partition coefficient (Wildman–Crippen LogP) is 1.59. The highest BCUT2D eigenvalue weighted by atomic mass is 16.5. The molecule has 0 saturated carbocycles. The Morgan fingerprint density at radius 3 is 2.81 bits per heavy atom. The molecule has 16 heavy (non-hydrogen) atoms. The topological polar surface area (TPSA) is 46.6 Å². The number of nitrogens with zero attached hydrogens (tertiary/aromatic N) is 1. The number of ether oxygens (including phenoxy) is 1. The van der Waals surface area contributed by atoms with Crippen LogP contribution in [0.5, 0.6) is 0 Å². The van der Waals surface area contributed by atoms with Crippen LogP contribution in [0, 0.1) is 5.92 Å². The summed E-state index contributed by atoms with van der Waals surface area (Å²) in [6, 6.07) is 0. The van der Waals surface area contributed by atoms with Crippen LogP contribution in [0.25, 0.3) is 0 Å². The molecule has 0 aromatic carbocycles. The van der Waals surface area contributed by atoms with Crippen molar-refractivity contribution in [2.45, 2.75) is 39.0 Å². The van der Waals surface area contributed by atoms with Crippen molar-refractivity contribution in [3.63, 3.8) is 0 Å². The van der Waals surface area contributed by atoms with Gasteiger partial charge in [-0.05, 0) is 19.3 Å². The molecule has 0 bridgehead atoms. The number of amides is 1. The summed E-state index contributed by atoms with van der Waals surface area (Å²) in [6.45, 7) is 3.39. The van der Waals surface area contributed by atoms with Gasteiger partial charge < -0.3 is 9.64 Å². The molecule has 1 rings (SSSR count). The van der Waals surface area contributed by atoms with Crippen molar-refractivity contribution in [1.82, 2.24) is 4.90 Å². The number of unbranched alkanes of at least 4 members (excludes halogenated alkanes) is 1. The normalized spacial score (nSPS) is 20.6. The Balaban J connectivity index is 2.43. The zero-order chi connectivity index (χ0) is 12.0. The number of piperidine rings is 1. The van der Waals surface area contributed by atoms with E-state index in [0.717, 1.165) is 32.2 Å². The maximum absolute atomic E-state index is 11.8. The maximum atomic E-state index is 11.8. The Labute approximate surface area is 96.9 Å². The third-order valence-corrected chi connectivity index (χ3v) is 3.05. The van der Waals surface area contributed by atoms with E-state index in [0.29, 0.717) is 13.0 Å². The van der Waals surface area contributed by atoms with Gasteiger partial charge in [0.2, 0.25) is 5.91 Å². The van der Waals surface area contributed by atoms with E-state index >= 15 is 0 Å². The van der Waals surface area contributed by atoms with E-state index in [1.54, 1.807) is 4.90 Å². The van der Waals surface area contributed by atoms with Crippen molar-refractivity contribution in [3.05, 3.63) is 0 Å². The number of hydrogen-bond acceptors (Lipinski definition) is 3. The molecule has 0 aromatic rings. The van der Waals surface area contributed by atoms with Gasteiger partial charge in [0, 0.05) is 19.5 Å². The molecule has 1 saturated heterocycles. The van der Waals surface area contributed by atoms with E-state index < -0.39 is 0 Å². The summed E-state index contributed by atoms with van der Waals surface area (Å²) in [5, 5.41) is 0. The molecule has 1 amide bonds. The van der Waals surface area contributed by atoms with Gasteiger partial charge in [0.1, 0.15) is 0 Å². The fraction of sp³-hybridized carbons (Fsp3) is 0.833. The maximum Gasteiger partial charge on any atom is 0.310 e. The molecule has 0 radical (unpaired) electrons. The van der Waals surface area contributed by atoms with Gasteiger partial charge in [0.05, 0.1) is 13.0 Å². The first-order valence-corrected chi connectivity index (χ1v) is 6.04. The van der Waals surface area contributed by atoms with Crippen LogP contribution in [0.4, 0.5) is 0 Å². The Morgan fingerprint density at radius 2 is 2.19 bits per heavy atom. The van der Waals surface area contributed by atoms with Crippen LogP contribution < -0.4 is 0 Å². The van der Waals surface area contributed by atoms with Gasteiger partial charge in [-0.3, -0.25) is 9.59 Å². The van der Waals surface area contributed by atoms with Gasteiger partial charge in [-0.15, -0.1) is 0 Å². The zero-order valence-corrected chi connectivity index (χ0v) is 10.2. The first-order chi connectivity index (χ1) is 7.69. The third-order valence-electron chi connectivity index (χ3n) is 3.05. The number of esters is 1. The monoisotopic (exact) mass is 227 g/mol. The highest BCUT2D eigenvalue weighted by Gasteiger charge is 2.28. The summed E-state index contributed by atoms with van der Waals surface area (Å²) >= 11 is 0. The van der Waals surface area contributed by atoms with Crippen LogP contribution in [-0.4, -0.2) is 37.0 Å². The van der Waals surface area contributed by atoms with E-state index in [9.17, 15) is 9.59 Å². The van der Waals surface area contributed by atoms with Gasteiger partial charge >= 0.3 is 5.97 Å². The summed E-state index contributed by atoms with van der Waals surface area (Å²) < 4.78 is 4.72. The second kappa shape index (κ2) is 6.51. The highest BCUT2D eigenvalue weighted by molar-refractivity contribution is 5.78. The average molecular weight is 227 g/mol. The molecule has 1 aliphatic heterocycles. The van der Waals surface area contributed by atoms with Crippen LogP contribution in [-0.2, 0) is 14.3 Å². The molecule has 4 heteroatoms. The van der Waals surface area contributed by atoms with E-state index in [4.69, 9.17) is 4.74 Å². The minimum absolute atomic E-state index is 0.121. The van der Waals surface area contributed by atoms with Crippen LogP contribution in [0.2, 0.25) is 0 Å². The van der Waals surface area contributed by atoms with Gasteiger partial charge in [-0.2, -0.15) is 0 Å². The molecule has 4 nitrogen and oxygen atoms in total. The SMILES string of the molecule is CCCCC(=O)N1CCCC(C(=O)OC)C1. The first kappa shape index (κ1) is 13.0. The first-order valence-electron chi connectivity index (χ1n) is 6.04. The molecule has 1 aliphatic rings. The molecule has 0 spiro atoms. The van der Waals surface area contributed by atoms with Gasteiger partial charge in [-0.25, -0.2) is 0 Å². The largest absolute Gasteiger partial charge is 0.469 e. The smallest absolute Gasteiger partial charge is 0.310 e. The van der Waals surface area contributed by atoms with Crippen molar-refractivity contribution in [2.75, 3.05) is 20.2 Å². The van der Waals surface area contributed by atoms with Gasteiger partial charge in [0.25, 0.3) is 0 Å². The summed E-state index contributed by atoms with van der Waals surface area (Å²) in [6.07, 6.45) is 4.30. The molecule has 0 N–H and O–H groups in total. The summed E-state index contributed by atoms with van der Waals surface area (Å²) in [5.74, 6) is -0.132. The number of hydrogen-bond donors (Lipinski definition) is 0. The van der Waals surface area contributed by atoms with Crippen LogP contribution in [0.15, 0.2) is 0 Å². The lowest BCUT2D eigenvalue weighted by atomic mass is 9.98. The zero-order valence-electron chi connectivity index (χ0n) is 10.2. The number of carbonyl (C=O) groups is 2. The molecule has 1 fully saturated rings. The highest BCUT2D eigenvalue weighted by Crippen LogP contribution is 2.18. The van der Waals surface area contributed by atoms with Crippen molar-refractivity contribution >= 4 is 11.9 Å². The van der Waals surface area contributed by atoms with E-state index in [1.807, 2.05) is 0 Å². The molecular weight excluding hydrogens is 206 g/mol. The quantitative estimate of drug-likeness (QED) is 0.685. The summed E-state index contributed by atoms with van der Waals surface area (Å²) in [7, 11) is 1.40. The Hall–Kier alpha value is -1.06. The molecule has 0 aliphatic carbocycles. The molecule has 1 heterocycles. The molecule has 0 aromatic heterocycles. The Morgan fingerprint density at radius 1 is 1.44 bits per heavy atom.